The highest BCUT2D eigenvalue weighted by atomic mass is 15.3. The lowest BCUT2D eigenvalue weighted by molar-refractivity contribution is 0.401. The van der Waals surface area contributed by atoms with E-state index in [0.717, 1.165) is 5.82 Å². The first kappa shape index (κ1) is 7.49. The van der Waals surface area contributed by atoms with E-state index in [-0.39, 0.29) is 0 Å². The largest absolute Gasteiger partial charge is 0.308 e. The molecule has 0 atom stereocenters. The molecule has 0 saturated heterocycles. The fourth-order valence-corrected chi connectivity index (χ4v) is 1.32. The van der Waals surface area contributed by atoms with Crippen molar-refractivity contribution in [3.63, 3.8) is 0 Å². The van der Waals surface area contributed by atoms with Crippen molar-refractivity contribution in [1.29, 1.82) is 0 Å². The van der Waals surface area contributed by atoms with Crippen LogP contribution in [-0.4, -0.2) is 9.97 Å². The molecule has 1 aliphatic rings. The van der Waals surface area contributed by atoms with Crippen LogP contribution in [0, 0.1) is 0 Å². The Morgan fingerprint density at radius 1 is 1.50 bits per heavy atom. The molecule has 0 radical (unpaired) electrons. The maximum atomic E-state index is 5.24. The third kappa shape index (κ3) is 1.25. The van der Waals surface area contributed by atoms with Crippen LogP contribution < -0.4 is 11.3 Å². The molecule has 0 bridgehead atoms. The molecule has 4 nitrogen and oxygen atoms in total. The molecular weight excluding hydrogens is 152 g/mol. The zero-order chi connectivity index (χ0) is 8.39. The Bertz CT molecular complexity index is 270. The van der Waals surface area contributed by atoms with Gasteiger partial charge in [0.1, 0.15) is 11.6 Å². The number of nitrogens with one attached hydrogen (secondary N) is 1. The van der Waals surface area contributed by atoms with E-state index in [1.807, 2.05) is 0 Å². The summed E-state index contributed by atoms with van der Waals surface area (Å²) < 4.78 is 0. The van der Waals surface area contributed by atoms with E-state index >= 15 is 0 Å². The number of hydrazine groups is 1. The minimum Gasteiger partial charge on any atom is -0.308 e. The van der Waals surface area contributed by atoms with Crippen LogP contribution in [0.2, 0.25) is 0 Å². The van der Waals surface area contributed by atoms with Crippen molar-refractivity contribution < 1.29 is 0 Å². The van der Waals surface area contributed by atoms with E-state index in [4.69, 9.17) is 5.84 Å². The number of hydrogen-bond donors (Lipinski definition) is 2. The van der Waals surface area contributed by atoms with Crippen LogP contribution in [0.15, 0.2) is 12.3 Å². The lowest BCUT2D eigenvalue weighted by Gasteiger charge is -2.23. The molecule has 1 aromatic rings. The van der Waals surface area contributed by atoms with Crippen LogP contribution in [0.1, 0.15) is 31.0 Å². The van der Waals surface area contributed by atoms with E-state index in [9.17, 15) is 0 Å². The number of hydrogen-bond acceptors (Lipinski definition) is 4. The first-order valence-electron chi connectivity index (χ1n) is 4.19. The number of nitrogen functional groups attached to an aromatic ring is 1. The summed E-state index contributed by atoms with van der Waals surface area (Å²) in [6.07, 6.45) is 5.48. The van der Waals surface area contributed by atoms with Gasteiger partial charge in [0, 0.05) is 18.2 Å². The van der Waals surface area contributed by atoms with Gasteiger partial charge in [-0.15, -0.1) is 0 Å². The highest BCUT2D eigenvalue weighted by Gasteiger charge is 2.21. The molecule has 1 heterocycles. The lowest BCUT2D eigenvalue weighted by Crippen LogP contribution is -2.15. The molecule has 0 unspecified atom stereocenters. The number of nitrogens with two attached hydrogens (primary N) is 1. The molecule has 12 heavy (non-hydrogen) atoms. The Kier molecular flexibility index (Phi) is 1.91. The van der Waals surface area contributed by atoms with Crippen molar-refractivity contribution >= 4 is 5.82 Å². The van der Waals surface area contributed by atoms with Gasteiger partial charge in [-0.2, -0.15) is 0 Å². The van der Waals surface area contributed by atoms with Crippen molar-refractivity contribution in [1.82, 2.24) is 9.97 Å². The van der Waals surface area contributed by atoms with Gasteiger partial charge in [-0.05, 0) is 12.8 Å². The molecule has 0 aromatic carbocycles. The third-order valence-corrected chi connectivity index (χ3v) is 2.29. The first-order valence-corrected chi connectivity index (χ1v) is 4.19. The second-order valence-electron chi connectivity index (χ2n) is 3.07. The van der Waals surface area contributed by atoms with Crippen molar-refractivity contribution in [2.75, 3.05) is 5.43 Å². The summed E-state index contributed by atoms with van der Waals surface area (Å²) in [6, 6.07) is 1.77. The molecule has 0 amide bonds. The summed E-state index contributed by atoms with van der Waals surface area (Å²) >= 11 is 0. The minimum absolute atomic E-state index is 0.568. The molecule has 1 aliphatic carbocycles. The maximum Gasteiger partial charge on any atom is 0.143 e. The summed E-state index contributed by atoms with van der Waals surface area (Å²) in [5.41, 5.74) is 2.52. The van der Waals surface area contributed by atoms with Crippen molar-refractivity contribution in [2.45, 2.75) is 25.2 Å². The lowest BCUT2D eigenvalue weighted by atomic mass is 9.85. The van der Waals surface area contributed by atoms with Gasteiger partial charge in [0.25, 0.3) is 0 Å². The van der Waals surface area contributed by atoms with Crippen LogP contribution >= 0.6 is 0 Å². The topological polar surface area (TPSA) is 63.8 Å². The van der Waals surface area contributed by atoms with Crippen LogP contribution in [0.5, 0.6) is 0 Å². The summed E-state index contributed by atoms with van der Waals surface area (Å²) in [7, 11) is 0. The van der Waals surface area contributed by atoms with E-state index in [2.05, 4.69) is 15.4 Å². The average Bonchev–Trinajstić information content (AvgIpc) is 2.02. The smallest absolute Gasteiger partial charge is 0.143 e. The van der Waals surface area contributed by atoms with Crippen LogP contribution in [-0.2, 0) is 0 Å². The van der Waals surface area contributed by atoms with Crippen LogP contribution in [0.4, 0.5) is 5.82 Å². The summed E-state index contributed by atoms with van der Waals surface area (Å²) in [5, 5.41) is 0. The van der Waals surface area contributed by atoms with Gasteiger partial charge in [-0.3, -0.25) is 0 Å². The molecule has 1 fully saturated rings. The van der Waals surface area contributed by atoms with Crippen LogP contribution in [0.25, 0.3) is 0 Å². The zero-order valence-electron chi connectivity index (χ0n) is 6.83. The summed E-state index contributed by atoms with van der Waals surface area (Å²) in [4.78, 5) is 8.47. The fraction of sp³-hybridized carbons (Fsp3) is 0.500. The normalized spacial score (nSPS) is 17.1. The predicted molar refractivity (Wildman–Crippen MR) is 46.4 cm³/mol. The van der Waals surface area contributed by atoms with Crippen molar-refractivity contribution in [3.05, 3.63) is 18.1 Å². The monoisotopic (exact) mass is 164 g/mol. The molecule has 2 rings (SSSR count). The van der Waals surface area contributed by atoms with Crippen molar-refractivity contribution in [3.8, 4) is 0 Å². The number of nitrogens with zero attached hydrogens (tertiary/aromatic N) is 2. The van der Waals surface area contributed by atoms with Gasteiger partial charge in [-0.25, -0.2) is 15.8 Å². The molecule has 64 valence electrons. The highest BCUT2D eigenvalue weighted by molar-refractivity contribution is 5.31. The third-order valence-electron chi connectivity index (χ3n) is 2.29. The number of anilines is 1. The maximum absolute atomic E-state index is 5.24. The number of rotatable bonds is 2. The second kappa shape index (κ2) is 3.06. The number of aromatic nitrogens is 2. The standard InChI is InChI=1S/C8H12N4/c9-12-7-4-5-10-8(11-7)6-2-1-3-6/h4-6H,1-3,9H2,(H,10,11,12). The molecular formula is C8H12N4. The molecule has 0 aliphatic heterocycles. The highest BCUT2D eigenvalue weighted by Crippen LogP contribution is 2.34. The predicted octanol–water partition coefficient (Wildman–Crippen LogP) is 1.03. The molecule has 4 heteroatoms. The molecule has 3 N–H and O–H groups in total. The van der Waals surface area contributed by atoms with Gasteiger partial charge < -0.3 is 5.43 Å². The van der Waals surface area contributed by atoms with Crippen molar-refractivity contribution in [2.24, 2.45) is 5.84 Å². The Balaban J connectivity index is 2.19. The van der Waals surface area contributed by atoms with Gasteiger partial charge in [0.2, 0.25) is 0 Å². The van der Waals surface area contributed by atoms with E-state index in [0.29, 0.717) is 11.7 Å². The molecule has 0 spiro atoms. The zero-order valence-corrected chi connectivity index (χ0v) is 6.83. The summed E-state index contributed by atoms with van der Waals surface area (Å²) in [6.45, 7) is 0. The van der Waals surface area contributed by atoms with E-state index in [1.54, 1.807) is 12.3 Å². The minimum atomic E-state index is 0.568. The Morgan fingerprint density at radius 2 is 2.33 bits per heavy atom. The second-order valence-corrected chi connectivity index (χ2v) is 3.07. The SMILES string of the molecule is NNc1ccnc(C2CCC2)n1. The molecule has 1 saturated carbocycles. The summed E-state index contributed by atoms with van der Waals surface area (Å²) in [5.74, 6) is 7.43. The fourth-order valence-electron chi connectivity index (χ4n) is 1.32. The average molecular weight is 164 g/mol. The molecule has 1 aromatic heterocycles. The van der Waals surface area contributed by atoms with Gasteiger partial charge in [-0.1, -0.05) is 6.42 Å². The Hall–Kier alpha value is -1.16. The van der Waals surface area contributed by atoms with Gasteiger partial charge in [0.15, 0.2) is 0 Å². The first-order chi connectivity index (χ1) is 5.90. The quantitative estimate of drug-likeness (QED) is 0.506. The van der Waals surface area contributed by atoms with E-state index < -0.39 is 0 Å². The van der Waals surface area contributed by atoms with Gasteiger partial charge in [0.05, 0.1) is 0 Å². The van der Waals surface area contributed by atoms with Gasteiger partial charge >= 0.3 is 0 Å². The Labute approximate surface area is 71.2 Å². The van der Waals surface area contributed by atoms with E-state index in [1.165, 1.54) is 19.3 Å². The Morgan fingerprint density at radius 3 is 2.92 bits per heavy atom. The van der Waals surface area contributed by atoms with Crippen LogP contribution in [0.3, 0.4) is 0 Å².